The lowest BCUT2D eigenvalue weighted by Gasteiger charge is -1.90. The van der Waals surface area contributed by atoms with Gasteiger partial charge in [0.2, 0.25) is 0 Å². The fourth-order valence-corrected chi connectivity index (χ4v) is 0.923. The van der Waals surface area contributed by atoms with E-state index < -0.39 is 11.9 Å². The van der Waals surface area contributed by atoms with Crippen LogP contribution in [0.25, 0.3) is 10.9 Å². The Bertz CT molecular complexity index is 435. The summed E-state index contributed by atoms with van der Waals surface area (Å²) in [5.74, 6) is -3.65. The highest BCUT2D eigenvalue weighted by Crippen LogP contribution is 2.06. The minimum Gasteiger partial charge on any atom is -0.473 e. The maximum absolute atomic E-state index is 9.10. The first-order chi connectivity index (χ1) is 7.61. The molecule has 2 aromatic rings. The van der Waals surface area contributed by atoms with Gasteiger partial charge < -0.3 is 10.2 Å². The Kier molecular flexibility index (Phi) is 3.90. The molecule has 82 valence electrons. The topological polar surface area (TPSA) is 100 Å². The van der Waals surface area contributed by atoms with Gasteiger partial charge >= 0.3 is 11.9 Å². The molecule has 6 heteroatoms. The molecule has 0 bridgehead atoms. The van der Waals surface area contributed by atoms with Gasteiger partial charge in [0.15, 0.2) is 0 Å². The van der Waals surface area contributed by atoms with E-state index in [9.17, 15) is 0 Å². The minimum atomic E-state index is -1.82. The smallest absolute Gasteiger partial charge is 0.414 e. The maximum atomic E-state index is 9.10. The van der Waals surface area contributed by atoms with Crippen LogP contribution >= 0.6 is 0 Å². The van der Waals surface area contributed by atoms with E-state index in [0.29, 0.717) is 0 Å². The van der Waals surface area contributed by atoms with Crippen molar-refractivity contribution in [2.24, 2.45) is 0 Å². The van der Waals surface area contributed by atoms with Gasteiger partial charge in [0.05, 0.1) is 5.52 Å². The normalized spacial score (nSPS) is 9.00. The van der Waals surface area contributed by atoms with Gasteiger partial charge in [0, 0.05) is 11.6 Å². The summed E-state index contributed by atoms with van der Waals surface area (Å²) < 4.78 is 0. The number of carboxylic acid groups (broad SMARTS) is 2. The van der Waals surface area contributed by atoms with Gasteiger partial charge in [-0.2, -0.15) is 0 Å². The number of hydrogen-bond donors (Lipinski definition) is 2. The molecule has 0 amide bonds. The molecule has 2 rings (SSSR count). The summed E-state index contributed by atoms with van der Waals surface area (Å²) in [6, 6.07) is 7.91. The van der Waals surface area contributed by atoms with E-state index in [4.69, 9.17) is 19.8 Å². The number of rotatable bonds is 0. The average Bonchev–Trinajstić information content (AvgIpc) is 2.30. The standard InChI is InChI=1S/C8H6N2.C2H2O4/c1-2-4-8-7(3-1)5-9-6-10-8;3-1(4)2(5)6/h1-6H;(H,3,4)(H,5,6). The van der Waals surface area contributed by atoms with Crippen LogP contribution in [0.4, 0.5) is 0 Å². The molecule has 1 aromatic carbocycles. The fourth-order valence-electron chi connectivity index (χ4n) is 0.923. The summed E-state index contributed by atoms with van der Waals surface area (Å²) in [5.41, 5.74) is 0.998. The summed E-state index contributed by atoms with van der Waals surface area (Å²) in [7, 11) is 0. The quantitative estimate of drug-likeness (QED) is 0.636. The van der Waals surface area contributed by atoms with Crippen molar-refractivity contribution in [3.05, 3.63) is 36.8 Å². The first kappa shape index (κ1) is 11.6. The van der Waals surface area contributed by atoms with Gasteiger partial charge in [-0.05, 0) is 6.07 Å². The summed E-state index contributed by atoms with van der Waals surface area (Å²) in [4.78, 5) is 26.2. The van der Waals surface area contributed by atoms with E-state index in [0.717, 1.165) is 10.9 Å². The third-order valence-electron chi connectivity index (χ3n) is 1.60. The number of carbonyl (C=O) groups is 2. The zero-order valence-corrected chi connectivity index (χ0v) is 8.07. The van der Waals surface area contributed by atoms with Crippen molar-refractivity contribution in [3.63, 3.8) is 0 Å². The van der Waals surface area contributed by atoms with Crippen LogP contribution in [-0.2, 0) is 9.59 Å². The molecule has 6 nitrogen and oxygen atoms in total. The number of benzene rings is 1. The van der Waals surface area contributed by atoms with Gasteiger partial charge in [-0.3, -0.25) is 0 Å². The molecule has 0 unspecified atom stereocenters. The number of fused-ring (bicyclic) bond motifs is 1. The Balaban J connectivity index is 0.000000187. The molecule has 1 heterocycles. The minimum absolute atomic E-state index is 0.998. The van der Waals surface area contributed by atoms with E-state index in [-0.39, 0.29) is 0 Å². The zero-order chi connectivity index (χ0) is 12.0. The molecule has 0 saturated carbocycles. The van der Waals surface area contributed by atoms with Crippen molar-refractivity contribution in [2.75, 3.05) is 0 Å². The Morgan fingerprint density at radius 1 is 1.06 bits per heavy atom. The van der Waals surface area contributed by atoms with Crippen LogP contribution in [0.3, 0.4) is 0 Å². The van der Waals surface area contributed by atoms with Gasteiger partial charge in [0.1, 0.15) is 6.33 Å². The number of para-hydroxylation sites is 1. The molecule has 0 aliphatic heterocycles. The molecule has 0 saturated heterocycles. The number of aromatic nitrogens is 2. The highest BCUT2D eigenvalue weighted by molar-refractivity contribution is 6.27. The molecule has 0 aliphatic carbocycles. The van der Waals surface area contributed by atoms with E-state index >= 15 is 0 Å². The number of carboxylic acids is 2. The predicted octanol–water partition coefficient (Wildman–Crippen LogP) is 0.785. The lowest BCUT2D eigenvalue weighted by Crippen LogP contribution is -2.09. The Hall–Kier alpha value is -2.50. The second-order valence-electron chi connectivity index (χ2n) is 2.69. The second-order valence-corrected chi connectivity index (χ2v) is 2.69. The first-order valence-corrected chi connectivity index (χ1v) is 4.22. The summed E-state index contributed by atoms with van der Waals surface area (Å²) in [6.45, 7) is 0. The maximum Gasteiger partial charge on any atom is 0.414 e. The average molecular weight is 220 g/mol. The molecule has 0 atom stereocenters. The first-order valence-electron chi connectivity index (χ1n) is 4.22. The van der Waals surface area contributed by atoms with Crippen LogP contribution in [0.5, 0.6) is 0 Å². The molecule has 1 aromatic heterocycles. The molecular formula is C10H8N2O4. The lowest BCUT2D eigenvalue weighted by molar-refractivity contribution is -0.159. The van der Waals surface area contributed by atoms with Crippen LogP contribution in [-0.4, -0.2) is 32.1 Å². The predicted molar refractivity (Wildman–Crippen MR) is 54.8 cm³/mol. The van der Waals surface area contributed by atoms with Crippen molar-refractivity contribution in [3.8, 4) is 0 Å². The van der Waals surface area contributed by atoms with Crippen molar-refractivity contribution >= 4 is 22.8 Å². The lowest BCUT2D eigenvalue weighted by atomic mass is 10.2. The third kappa shape index (κ3) is 3.33. The van der Waals surface area contributed by atoms with Gasteiger partial charge in [-0.25, -0.2) is 19.6 Å². The molecule has 0 fully saturated rings. The van der Waals surface area contributed by atoms with Crippen molar-refractivity contribution in [1.82, 2.24) is 9.97 Å². The van der Waals surface area contributed by atoms with E-state index in [1.54, 1.807) is 6.33 Å². The summed E-state index contributed by atoms with van der Waals surface area (Å²) in [6.07, 6.45) is 3.37. The number of hydrogen-bond acceptors (Lipinski definition) is 4. The highest BCUT2D eigenvalue weighted by Gasteiger charge is 2.04. The van der Waals surface area contributed by atoms with Crippen molar-refractivity contribution < 1.29 is 19.8 Å². The van der Waals surface area contributed by atoms with Gasteiger partial charge in [0.25, 0.3) is 0 Å². The van der Waals surface area contributed by atoms with Crippen molar-refractivity contribution in [2.45, 2.75) is 0 Å². The largest absolute Gasteiger partial charge is 0.473 e. The Labute approximate surface area is 90.2 Å². The Morgan fingerprint density at radius 3 is 2.25 bits per heavy atom. The summed E-state index contributed by atoms with van der Waals surface area (Å²) in [5, 5.41) is 15.9. The van der Waals surface area contributed by atoms with E-state index in [2.05, 4.69) is 9.97 Å². The third-order valence-corrected chi connectivity index (χ3v) is 1.60. The Morgan fingerprint density at radius 2 is 1.69 bits per heavy atom. The van der Waals surface area contributed by atoms with Crippen LogP contribution < -0.4 is 0 Å². The van der Waals surface area contributed by atoms with E-state index in [1.807, 2.05) is 30.5 Å². The summed E-state index contributed by atoms with van der Waals surface area (Å²) >= 11 is 0. The number of nitrogens with zero attached hydrogens (tertiary/aromatic N) is 2. The highest BCUT2D eigenvalue weighted by atomic mass is 16.4. The van der Waals surface area contributed by atoms with Gasteiger partial charge in [-0.1, -0.05) is 18.2 Å². The molecule has 0 radical (unpaired) electrons. The number of aliphatic carboxylic acids is 2. The second kappa shape index (κ2) is 5.40. The van der Waals surface area contributed by atoms with E-state index in [1.165, 1.54) is 0 Å². The molecule has 2 N–H and O–H groups in total. The fraction of sp³-hybridized carbons (Fsp3) is 0. The molecular weight excluding hydrogens is 212 g/mol. The monoisotopic (exact) mass is 220 g/mol. The SMILES string of the molecule is O=C(O)C(=O)O.c1ccc2ncncc2c1. The zero-order valence-electron chi connectivity index (χ0n) is 8.07. The van der Waals surface area contributed by atoms with Crippen LogP contribution in [0.2, 0.25) is 0 Å². The van der Waals surface area contributed by atoms with Crippen LogP contribution in [0, 0.1) is 0 Å². The molecule has 0 spiro atoms. The van der Waals surface area contributed by atoms with Gasteiger partial charge in [-0.15, -0.1) is 0 Å². The van der Waals surface area contributed by atoms with Crippen LogP contribution in [0.1, 0.15) is 0 Å². The molecule has 0 aliphatic rings. The molecule has 16 heavy (non-hydrogen) atoms. The van der Waals surface area contributed by atoms with Crippen LogP contribution in [0.15, 0.2) is 36.8 Å². The van der Waals surface area contributed by atoms with Crippen molar-refractivity contribution in [1.29, 1.82) is 0 Å².